The Kier molecular flexibility index (Phi) is 7.16. The van der Waals surface area contributed by atoms with Gasteiger partial charge in [0.05, 0.1) is 5.25 Å². The zero-order chi connectivity index (χ0) is 20.2. The molecule has 1 fully saturated rings. The van der Waals surface area contributed by atoms with Crippen LogP contribution in [0.5, 0.6) is 0 Å². The first-order valence-electron chi connectivity index (χ1n) is 9.20. The summed E-state index contributed by atoms with van der Waals surface area (Å²) in [6, 6.07) is 7.43. The second-order valence-corrected chi connectivity index (χ2v) is 10.5. The maximum Gasteiger partial charge on any atom is 0.410 e. The average molecular weight is 417 g/mol. The van der Waals surface area contributed by atoms with Gasteiger partial charge in [0.1, 0.15) is 5.60 Å². The quantitative estimate of drug-likeness (QED) is 0.792. The molecule has 0 aromatic heterocycles. The van der Waals surface area contributed by atoms with Crippen molar-refractivity contribution < 1.29 is 17.9 Å². The first kappa shape index (κ1) is 22.0. The number of nitrogens with zero attached hydrogens (tertiary/aromatic N) is 1. The monoisotopic (exact) mass is 416 g/mol. The number of ether oxygens (including phenoxy) is 1. The lowest BCUT2D eigenvalue weighted by molar-refractivity contribution is 0.0217. The van der Waals surface area contributed by atoms with E-state index in [9.17, 15) is 13.2 Å². The van der Waals surface area contributed by atoms with Crippen LogP contribution < -0.4 is 4.72 Å². The Balaban J connectivity index is 1.86. The van der Waals surface area contributed by atoms with Gasteiger partial charge in [-0.1, -0.05) is 30.7 Å². The molecule has 0 radical (unpaired) electrons. The van der Waals surface area contributed by atoms with Crippen LogP contribution in [0.3, 0.4) is 0 Å². The molecule has 1 aromatic carbocycles. The third-order valence-electron chi connectivity index (χ3n) is 4.54. The van der Waals surface area contributed by atoms with Crippen molar-refractivity contribution in [1.29, 1.82) is 0 Å². The van der Waals surface area contributed by atoms with E-state index in [2.05, 4.69) is 4.72 Å². The van der Waals surface area contributed by atoms with Crippen molar-refractivity contribution in [3.05, 3.63) is 34.9 Å². The number of rotatable bonds is 5. The van der Waals surface area contributed by atoms with Gasteiger partial charge in [0.15, 0.2) is 0 Å². The van der Waals surface area contributed by atoms with Gasteiger partial charge >= 0.3 is 6.09 Å². The van der Waals surface area contributed by atoms with E-state index in [0.29, 0.717) is 37.5 Å². The Morgan fingerprint density at radius 2 is 1.96 bits per heavy atom. The molecule has 6 nitrogen and oxygen atoms in total. The minimum Gasteiger partial charge on any atom is -0.444 e. The van der Waals surface area contributed by atoms with Gasteiger partial charge < -0.3 is 9.64 Å². The summed E-state index contributed by atoms with van der Waals surface area (Å²) in [5, 5.41) is 0.138. The van der Waals surface area contributed by atoms with Crippen molar-refractivity contribution in [3.8, 4) is 0 Å². The Morgan fingerprint density at radius 1 is 1.33 bits per heavy atom. The maximum absolute atomic E-state index is 12.6. The number of carbonyl (C=O) groups excluding carboxylic acids is 1. The largest absolute Gasteiger partial charge is 0.444 e. The number of benzene rings is 1. The van der Waals surface area contributed by atoms with E-state index in [1.165, 1.54) is 0 Å². The predicted molar refractivity (Wildman–Crippen MR) is 108 cm³/mol. The molecule has 0 bridgehead atoms. The highest BCUT2D eigenvalue weighted by Crippen LogP contribution is 2.22. The Morgan fingerprint density at radius 3 is 2.52 bits per heavy atom. The van der Waals surface area contributed by atoms with E-state index in [1.54, 1.807) is 11.0 Å². The summed E-state index contributed by atoms with van der Waals surface area (Å²) in [5.41, 5.74) is 0.433. The number of amides is 1. The van der Waals surface area contributed by atoms with Crippen molar-refractivity contribution in [2.24, 2.45) is 0 Å². The van der Waals surface area contributed by atoms with Crippen molar-refractivity contribution in [1.82, 2.24) is 9.62 Å². The molecular weight excluding hydrogens is 388 g/mol. The first-order chi connectivity index (χ1) is 12.5. The number of likely N-dealkylation sites (tertiary alicyclic amines) is 1. The maximum atomic E-state index is 12.6. The molecule has 1 heterocycles. The van der Waals surface area contributed by atoms with Gasteiger partial charge in [0.25, 0.3) is 0 Å². The van der Waals surface area contributed by atoms with Crippen LogP contribution in [0, 0.1) is 0 Å². The number of carbonyl (C=O) groups is 1. The van der Waals surface area contributed by atoms with E-state index < -0.39 is 20.9 Å². The van der Waals surface area contributed by atoms with Crippen molar-refractivity contribution in [3.63, 3.8) is 0 Å². The lowest BCUT2D eigenvalue weighted by Crippen LogP contribution is -2.47. The van der Waals surface area contributed by atoms with Crippen LogP contribution in [0.25, 0.3) is 0 Å². The molecule has 1 aliphatic rings. The van der Waals surface area contributed by atoms with E-state index in [-0.39, 0.29) is 12.0 Å². The fourth-order valence-corrected chi connectivity index (χ4v) is 4.71. The standard InChI is InChI=1S/C19H29ClN2O4S/c1-14(15-6-5-7-16(20)12-15)13-21-27(24,25)17-8-10-22(11-9-17)18(23)26-19(2,3)4/h5-7,12,14,17,21H,8-11,13H2,1-4H3. The summed E-state index contributed by atoms with van der Waals surface area (Å²) in [6.45, 7) is 8.47. The van der Waals surface area contributed by atoms with Gasteiger partial charge in [0.2, 0.25) is 10.0 Å². The molecule has 0 spiro atoms. The summed E-state index contributed by atoms with van der Waals surface area (Å²) < 4.78 is 33.3. The van der Waals surface area contributed by atoms with Crippen molar-refractivity contribution in [2.75, 3.05) is 19.6 Å². The molecule has 1 N–H and O–H groups in total. The van der Waals surface area contributed by atoms with Crippen LogP contribution in [0.1, 0.15) is 52.0 Å². The molecule has 1 aromatic rings. The molecular formula is C19H29ClN2O4S. The van der Waals surface area contributed by atoms with E-state index in [0.717, 1.165) is 5.56 Å². The fraction of sp³-hybridized carbons (Fsp3) is 0.632. The van der Waals surface area contributed by atoms with Crippen LogP contribution in [-0.2, 0) is 14.8 Å². The normalized spacial score (nSPS) is 17.6. The highest BCUT2D eigenvalue weighted by atomic mass is 35.5. The second kappa shape index (κ2) is 8.80. The lowest BCUT2D eigenvalue weighted by Gasteiger charge is -2.33. The Labute approximate surface area is 167 Å². The molecule has 1 unspecified atom stereocenters. The lowest BCUT2D eigenvalue weighted by atomic mass is 10.0. The second-order valence-electron chi connectivity index (χ2n) is 8.02. The van der Waals surface area contributed by atoms with Crippen LogP contribution >= 0.6 is 11.6 Å². The average Bonchev–Trinajstić information content (AvgIpc) is 2.58. The Hall–Kier alpha value is -1.31. The SMILES string of the molecule is CC(CNS(=O)(=O)C1CCN(C(=O)OC(C)(C)C)CC1)c1cccc(Cl)c1. The van der Waals surface area contributed by atoms with E-state index in [4.69, 9.17) is 16.3 Å². The predicted octanol–water partition coefficient (Wildman–Crippen LogP) is 3.76. The highest BCUT2D eigenvalue weighted by molar-refractivity contribution is 7.90. The molecule has 27 heavy (non-hydrogen) atoms. The smallest absolute Gasteiger partial charge is 0.410 e. The van der Waals surface area contributed by atoms with Gasteiger partial charge in [0, 0.05) is 24.7 Å². The first-order valence-corrected chi connectivity index (χ1v) is 11.1. The zero-order valence-electron chi connectivity index (χ0n) is 16.4. The number of hydrogen-bond donors (Lipinski definition) is 1. The number of halogens is 1. The van der Waals surface area contributed by atoms with Crippen molar-refractivity contribution in [2.45, 2.75) is 57.3 Å². The highest BCUT2D eigenvalue weighted by Gasteiger charge is 2.33. The summed E-state index contributed by atoms with van der Waals surface area (Å²) in [4.78, 5) is 13.7. The van der Waals surface area contributed by atoms with Crippen LogP contribution in [-0.4, -0.2) is 49.9 Å². The minimum absolute atomic E-state index is 0.0142. The third-order valence-corrected chi connectivity index (χ3v) is 6.69. The van der Waals surface area contributed by atoms with Crippen molar-refractivity contribution >= 4 is 27.7 Å². The Bertz CT molecular complexity index is 753. The van der Waals surface area contributed by atoms with E-state index in [1.807, 2.05) is 45.9 Å². The molecule has 1 amide bonds. The van der Waals surface area contributed by atoms with Gasteiger partial charge in [-0.2, -0.15) is 0 Å². The minimum atomic E-state index is -3.44. The molecule has 152 valence electrons. The molecule has 1 atom stereocenters. The van der Waals surface area contributed by atoms with Crippen LogP contribution in [0.4, 0.5) is 4.79 Å². The number of nitrogens with one attached hydrogen (secondary N) is 1. The van der Waals surface area contributed by atoms with Gasteiger partial charge in [-0.05, 0) is 57.2 Å². The fourth-order valence-electron chi connectivity index (χ4n) is 2.97. The number of hydrogen-bond acceptors (Lipinski definition) is 4. The van der Waals surface area contributed by atoms with Gasteiger partial charge in [-0.25, -0.2) is 17.9 Å². The van der Waals surface area contributed by atoms with E-state index >= 15 is 0 Å². The summed E-state index contributed by atoms with van der Waals surface area (Å²) in [7, 11) is -3.44. The van der Waals surface area contributed by atoms with Gasteiger partial charge in [-0.3, -0.25) is 0 Å². The molecule has 0 saturated carbocycles. The summed E-state index contributed by atoms with van der Waals surface area (Å²) in [6.07, 6.45) is 0.418. The molecule has 2 rings (SSSR count). The number of piperidine rings is 1. The molecule has 8 heteroatoms. The topological polar surface area (TPSA) is 75.7 Å². The van der Waals surface area contributed by atoms with Gasteiger partial charge in [-0.15, -0.1) is 0 Å². The number of sulfonamides is 1. The molecule has 1 aliphatic heterocycles. The third kappa shape index (κ3) is 6.66. The summed E-state index contributed by atoms with van der Waals surface area (Å²) in [5.74, 6) is 0.0142. The van der Waals surface area contributed by atoms with Crippen LogP contribution in [0.15, 0.2) is 24.3 Å². The summed E-state index contributed by atoms with van der Waals surface area (Å²) >= 11 is 6.00. The molecule has 0 aliphatic carbocycles. The molecule has 1 saturated heterocycles. The zero-order valence-corrected chi connectivity index (χ0v) is 17.9. The van der Waals surface area contributed by atoms with Crippen LogP contribution in [0.2, 0.25) is 5.02 Å².